The molecule has 0 saturated carbocycles. The minimum Gasteiger partial charge on any atom is -0.478 e. The molecule has 0 amide bonds. The zero-order valence-electron chi connectivity index (χ0n) is 9.34. The van der Waals surface area contributed by atoms with E-state index in [9.17, 15) is 13.6 Å². The Labute approximate surface area is 101 Å². The van der Waals surface area contributed by atoms with Crippen LogP contribution in [0.2, 0.25) is 0 Å². The number of rotatable bonds is 3. The highest BCUT2D eigenvalue weighted by Gasteiger charge is 2.18. The average molecular weight is 253 g/mol. The van der Waals surface area contributed by atoms with Gasteiger partial charge in [-0.2, -0.15) is 0 Å². The molecule has 0 aliphatic heterocycles. The lowest BCUT2D eigenvalue weighted by atomic mass is 10.2. The van der Waals surface area contributed by atoms with Crippen LogP contribution in [0.5, 0.6) is 0 Å². The third kappa shape index (κ3) is 2.06. The Morgan fingerprint density at radius 2 is 2.17 bits per heavy atom. The van der Waals surface area contributed by atoms with Crippen molar-refractivity contribution < 1.29 is 18.7 Å². The molecule has 1 aromatic heterocycles. The lowest BCUT2D eigenvalue weighted by molar-refractivity contribution is 0.0696. The maximum atomic E-state index is 12.6. The van der Waals surface area contributed by atoms with Crippen molar-refractivity contribution in [3.63, 3.8) is 0 Å². The number of hydrogen-bond acceptors (Lipinski definition) is 3. The molecule has 0 aliphatic rings. The standard InChI is InChI=1S/C11H9F2N3O2/c1-6-9(10(12)13)14-15-16(6)8-4-2-3-7(5-8)11(17)18/h2-5,10H,1H3,(H,17,18). The molecule has 0 saturated heterocycles. The molecule has 0 radical (unpaired) electrons. The normalized spacial score (nSPS) is 10.9. The lowest BCUT2D eigenvalue weighted by Crippen LogP contribution is -2.03. The third-order valence-corrected chi connectivity index (χ3v) is 2.47. The number of carboxylic acid groups (broad SMARTS) is 1. The smallest absolute Gasteiger partial charge is 0.335 e. The predicted molar refractivity (Wildman–Crippen MR) is 58.0 cm³/mol. The van der Waals surface area contributed by atoms with E-state index in [4.69, 9.17) is 5.11 Å². The molecular weight excluding hydrogens is 244 g/mol. The van der Waals surface area contributed by atoms with E-state index in [-0.39, 0.29) is 11.3 Å². The van der Waals surface area contributed by atoms with Gasteiger partial charge in [-0.3, -0.25) is 0 Å². The summed E-state index contributed by atoms with van der Waals surface area (Å²) < 4.78 is 26.3. The Balaban J connectivity index is 2.49. The molecule has 0 aliphatic carbocycles. The first-order valence-electron chi connectivity index (χ1n) is 5.05. The molecule has 7 heteroatoms. The highest BCUT2D eigenvalue weighted by molar-refractivity contribution is 5.88. The first kappa shape index (κ1) is 12.2. The van der Waals surface area contributed by atoms with Crippen LogP contribution in [0.3, 0.4) is 0 Å². The SMILES string of the molecule is Cc1c(C(F)F)nnn1-c1cccc(C(=O)O)c1. The molecule has 0 unspecified atom stereocenters. The Morgan fingerprint density at radius 1 is 1.44 bits per heavy atom. The van der Waals surface area contributed by atoms with Gasteiger partial charge in [-0.05, 0) is 25.1 Å². The maximum Gasteiger partial charge on any atom is 0.335 e. The predicted octanol–water partition coefficient (Wildman–Crippen LogP) is 2.21. The van der Waals surface area contributed by atoms with Crippen LogP contribution < -0.4 is 0 Å². The molecule has 2 rings (SSSR count). The minimum atomic E-state index is -2.71. The summed E-state index contributed by atoms with van der Waals surface area (Å²) >= 11 is 0. The Bertz CT molecular complexity index is 596. The van der Waals surface area contributed by atoms with Gasteiger partial charge in [0, 0.05) is 0 Å². The van der Waals surface area contributed by atoms with Crippen LogP contribution in [0.4, 0.5) is 8.78 Å². The molecule has 1 heterocycles. The van der Waals surface area contributed by atoms with E-state index in [0.29, 0.717) is 5.69 Å². The van der Waals surface area contributed by atoms with Crippen molar-refractivity contribution in [2.75, 3.05) is 0 Å². The molecule has 0 fully saturated rings. The zero-order valence-corrected chi connectivity index (χ0v) is 9.34. The van der Waals surface area contributed by atoms with Crippen molar-refractivity contribution in [3.8, 4) is 5.69 Å². The van der Waals surface area contributed by atoms with Crippen molar-refractivity contribution in [1.29, 1.82) is 0 Å². The largest absolute Gasteiger partial charge is 0.478 e. The maximum absolute atomic E-state index is 12.6. The number of aromatic nitrogens is 3. The molecule has 18 heavy (non-hydrogen) atoms. The van der Waals surface area contributed by atoms with Crippen molar-refractivity contribution >= 4 is 5.97 Å². The fourth-order valence-electron chi connectivity index (χ4n) is 1.56. The molecular formula is C11H9F2N3O2. The molecule has 1 aromatic carbocycles. The van der Waals surface area contributed by atoms with Gasteiger partial charge in [0.15, 0.2) is 5.69 Å². The van der Waals surface area contributed by atoms with E-state index < -0.39 is 18.1 Å². The van der Waals surface area contributed by atoms with Crippen LogP contribution in [0.1, 0.15) is 28.2 Å². The second kappa shape index (κ2) is 4.52. The van der Waals surface area contributed by atoms with Gasteiger partial charge in [-0.1, -0.05) is 11.3 Å². The highest BCUT2D eigenvalue weighted by Crippen LogP contribution is 2.21. The number of benzene rings is 1. The van der Waals surface area contributed by atoms with Crippen molar-refractivity contribution in [1.82, 2.24) is 15.0 Å². The Hall–Kier alpha value is -2.31. The van der Waals surface area contributed by atoms with Crippen LogP contribution in [-0.2, 0) is 0 Å². The van der Waals surface area contributed by atoms with E-state index in [1.807, 2.05) is 0 Å². The Morgan fingerprint density at radius 3 is 2.72 bits per heavy atom. The first-order chi connectivity index (χ1) is 8.50. The summed E-state index contributed by atoms with van der Waals surface area (Å²) in [7, 11) is 0. The second-order valence-electron chi connectivity index (χ2n) is 3.63. The number of hydrogen-bond donors (Lipinski definition) is 1. The van der Waals surface area contributed by atoms with Gasteiger partial charge >= 0.3 is 5.97 Å². The summed E-state index contributed by atoms with van der Waals surface area (Å²) in [5.41, 5.74) is 0.219. The molecule has 0 spiro atoms. The number of aromatic carboxylic acids is 1. The third-order valence-electron chi connectivity index (χ3n) is 2.47. The summed E-state index contributed by atoms with van der Waals surface area (Å²) in [6, 6.07) is 5.84. The number of carbonyl (C=O) groups is 1. The Kier molecular flexibility index (Phi) is 3.05. The molecule has 1 N–H and O–H groups in total. The van der Waals surface area contributed by atoms with Gasteiger partial charge < -0.3 is 5.11 Å². The molecule has 0 bridgehead atoms. The van der Waals surface area contributed by atoms with E-state index in [0.717, 1.165) is 0 Å². The van der Waals surface area contributed by atoms with Gasteiger partial charge in [-0.25, -0.2) is 18.3 Å². The molecule has 94 valence electrons. The van der Waals surface area contributed by atoms with E-state index in [1.54, 1.807) is 6.07 Å². The average Bonchev–Trinajstić information content (AvgIpc) is 2.71. The quantitative estimate of drug-likeness (QED) is 0.910. The monoisotopic (exact) mass is 253 g/mol. The zero-order chi connectivity index (χ0) is 13.3. The van der Waals surface area contributed by atoms with Crippen molar-refractivity contribution in [3.05, 3.63) is 41.2 Å². The second-order valence-corrected chi connectivity index (χ2v) is 3.63. The van der Waals surface area contributed by atoms with E-state index >= 15 is 0 Å². The van der Waals surface area contributed by atoms with Crippen LogP contribution in [0.25, 0.3) is 5.69 Å². The first-order valence-corrected chi connectivity index (χ1v) is 5.05. The molecule has 0 atom stereocenters. The minimum absolute atomic E-state index is 0.0565. The lowest BCUT2D eigenvalue weighted by Gasteiger charge is -2.04. The van der Waals surface area contributed by atoms with E-state index in [1.165, 1.54) is 29.8 Å². The summed E-state index contributed by atoms with van der Waals surface area (Å²) in [6.07, 6.45) is -2.71. The van der Waals surface area contributed by atoms with Crippen LogP contribution in [-0.4, -0.2) is 26.1 Å². The number of alkyl halides is 2. The van der Waals surface area contributed by atoms with Crippen LogP contribution in [0, 0.1) is 6.92 Å². The summed E-state index contributed by atoms with van der Waals surface area (Å²) in [4.78, 5) is 10.8. The fraction of sp³-hybridized carbons (Fsp3) is 0.182. The van der Waals surface area contributed by atoms with Crippen molar-refractivity contribution in [2.45, 2.75) is 13.3 Å². The van der Waals surface area contributed by atoms with Gasteiger partial charge in [0.2, 0.25) is 0 Å². The van der Waals surface area contributed by atoms with Gasteiger partial charge in [0.1, 0.15) is 0 Å². The van der Waals surface area contributed by atoms with Gasteiger partial charge in [0.25, 0.3) is 6.43 Å². The summed E-state index contributed by atoms with van der Waals surface area (Å²) in [5, 5.41) is 15.8. The fourth-order valence-corrected chi connectivity index (χ4v) is 1.56. The van der Waals surface area contributed by atoms with Crippen LogP contribution >= 0.6 is 0 Å². The molecule has 2 aromatic rings. The number of nitrogens with zero attached hydrogens (tertiary/aromatic N) is 3. The highest BCUT2D eigenvalue weighted by atomic mass is 19.3. The molecule has 5 nitrogen and oxygen atoms in total. The van der Waals surface area contributed by atoms with Gasteiger partial charge in [-0.15, -0.1) is 5.10 Å². The van der Waals surface area contributed by atoms with Crippen LogP contribution in [0.15, 0.2) is 24.3 Å². The van der Waals surface area contributed by atoms with E-state index in [2.05, 4.69) is 10.3 Å². The van der Waals surface area contributed by atoms with Crippen molar-refractivity contribution in [2.24, 2.45) is 0 Å². The number of halogens is 2. The topological polar surface area (TPSA) is 68.0 Å². The summed E-state index contributed by atoms with van der Waals surface area (Å²) in [5.74, 6) is -1.09. The summed E-state index contributed by atoms with van der Waals surface area (Å²) in [6.45, 7) is 1.45. The number of carboxylic acids is 1. The van der Waals surface area contributed by atoms with Gasteiger partial charge in [0.05, 0.1) is 16.9 Å².